The van der Waals surface area contributed by atoms with Gasteiger partial charge in [-0.15, -0.1) is 0 Å². The molecule has 28 heavy (non-hydrogen) atoms. The SMILES string of the molecule is COC(=O)c1cc(-c2cc(Cl)c(Cl)cc2Cl)nc(-c2cc(Cl)c(Cl)cc2Cl)c1. The molecule has 0 amide bonds. The number of carbonyl (C=O) groups excluding carboxylic acids is 1. The number of halogens is 6. The van der Waals surface area contributed by atoms with Crippen molar-refractivity contribution in [2.75, 3.05) is 7.11 Å². The van der Waals surface area contributed by atoms with Crippen LogP contribution in [0.5, 0.6) is 0 Å². The van der Waals surface area contributed by atoms with Crippen LogP contribution in [0.25, 0.3) is 22.5 Å². The maximum absolute atomic E-state index is 12.2. The molecule has 0 spiro atoms. The highest BCUT2D eigenvalue weighted by Crippen LogP contribution is 2.38. The number of benzene rings is 2. The standard InChI is InChI=1S/C19H9Cl6NO2/c1-28-19(27)8-2-17(9-4-13(22)15(24)6-11(9)20)26-18(3-8)10-5-14(23)16(25)7-12(10)21/h2-7H,1H3. The second-order valence-corrected chi connectivity index (χ2v) is 8.05. The summed E-state index contributed by atoms with van der Waals surface area (Å²) < 4.78 is 4.84. The molecule has 2 aromatic carbocycles. The Balaban J connectivity index is 2.29. The van der Waals surface area contributed by atoms with Gasteiger partial charge < -0.3 is 4.74 Å². The molecule has 1 aromatic heterocycles. The fourth-order valence-corrected chi connectivity index (χ4v) is 3.77. The Kier molecular flexibility index (Phi) is 6.65. The Morgan fingerprint density at radius 3 is 1.46 bits per heavy atom. The predicted octanol–water partition coefficient (Wildman–Crippen LogP) is 8.12. The van der Waals surface area contributed by atoms with Crippen molar-refractivity contribution in [2.24, 2.45) is 0 Å². The Morgan fingerprint density at radius 2 is 1.07 bits per heavy atom. The smallest absolute Gasteiger partial charge is 0.338 e. The Hall–Kier alpha value is -1.20. The molecule has 0 N–H and O–H groups in total. The van der Waals surface area contributed by atoms with Crippen LogP contribution in [0.1, 0.15) is 10.4 Å². The van der Waals surface area contributed by atoms with Crippen LogP contribution in [0, 0.1) is 0 Å². The number of esters is 1. The molecule has 0 aliphatic carbocycles. The molecular weight excluding hydrogens is 487 g/mol. The summed E-state index contributed by atoms with van der Waals surface area (Å²) in [5.74, 6) is -0.558. The van der Waals surface area contributed by atoms with E-state index in [1.165, 1.54) is 31.4 Å². The van der Waals surface area contributed by atoms with E-state index in [4.69, 9.17) is 74.3 Å². The van der Waals surface area contributed by atoms with Crippen molar-refractivity contribution in [2.45, 2.75) is 0 Å². The van der Waals surface area contributed by atoms with Crippen LogP contribution >= 0.6 is 69.6 Å². The van der Waals surface area contributed by atoms with E-state index >= 15 is 0 Å². The van der Waals surface area contributed by atoms with Gasteiger partial charge in [0.25, 0.3) is 0 Å². The number of rotatable bonds is 3. The summed E-state index contributed by atoms with van der Waals surface area (Å²) in [7, 11) is 1.28. The van der Waals surface area contributed by atoms with Gasteiger partial charge in [-0.1, -0.05) is 69.6 Å². The van der Waals surface area contributed by atoms with E-state index in [-0.39, 0.29) is 5.56 Å². The molecule has 0 unspecified atom stereocenters. The van der Waals surface area contributed by atoms with Gasteiger partial charge in [-0.3, -0.25) is 0 Å². The van der Waals surface area contributed by atoms with Gasteiger partial charge in [-0.25, -0.2) is 9.78 Å². The highest BCUT2D eigenvalue weighted by molar-refractivity contribution is 6.44. The fraction of sp³-hybridized carbons (Fsp3) is 0.0526. The molecule has 3 aromatic rings. The minimum atomic E-state index is -0.558. The normalized spacial score (nSPS) is 10.8. The zero-order valence-electron chi connectivity index (χ0n) is 14.0. The van der Waals surface area contributed by atoms with Crippen molar-refractivity contribution in [3.05, 3.63) is 72.1 Å². The van der Waals surface area contributed by atoms with Crippen LogP contribution in [0.3, 0.4) is 0 Å². The molecule has 3 nitrogen and oxygen atoms in total. The number of hydrogen-bond donors (Lipinski definition) is 0. The van der Waals surface area contributed by atoms with Gasteiger partial charge in [0.2, 0.25) is 0 Å². The van der Waals surface area contributed by atoms with E-state index in [0.717, 1.165) is 0 Å². The van der Waals surface area contributed by atoms with Crippen LogP contribution in [-0.4, -0.2) is 18.1 Å². The highest BCUT2D eigenvalue weighted by atomic mass is 35.5. The van der Waals surface area contributed by atoms with E-state index in [1.54, 1.807) is 12.1 Å². The van der Waals surface area contributed by atoms with Gasteiger partial charge in [-0.05, 0) is 36.4 Å². The molecule has 0 saturated heterocycles. The molecule has 0 aliphatic heterocycles. The second kappa shape index (κ2) is 8.66. The molecule has 144 valence electrons. The Labute approximate surface area is 191 Å². The molecule has 3 rings (SSSR count). The molecular formula is C19H9Cl6NO2. The topological polar surface area (TPSA) is 39.2 Å². The summed E-state index contributed by atoms with van der Waals surface area (Å²) in [5, 5.41) is 1.81. The minimum absolute atomic E-state index is 0.242. The van der Waals surface area contributed by atoms with Crippen LogP contribution in [-0.2, 0) is 4.74 Å². The predicted molar refractivity (Wildman–Crippen MR) is 117 cm³/mol. The molecule has 0 aliphatic rings. The average Bonchev–Trinajstić information content (AvgIpc) is 2.66. The van der Waals surface area contributed by atoms with Crippen molar-refractivity contribution < 1.29 is 9.53 Å². The summed E-state index contributed by atoms with van der Waals surface area (Å²) in [6.07, 6.45) is 0. The monoisotopic (exact) mass is 493 g/mol. The molecule has 0 atom stereocenters. The lowest BCUT2D eigenvalue weighted by Crippen LogP contribution is -2.03. The molecule has 0 fully saturated rings. The fourth-order valence-electron chi connectivity index (χ4n) is 2.48. The van der Waals surface area contributed by atoms with Crippen molar-refractivity contribution in [3.8, 4) is 22.5 Å². The summed E-state index contributed by atoms with van der Waals surface area (Å²) in [6.45, 7) is 0. The van der Waals surface area contributed by atoms with Crippen molar-refractivity contribution in [3.63, 3.8) is 0 Å². The molecule has 9 heteroatoms. The lowest BCUT2D eigenvalue weighted by Gasteiger charge is -2.12. The Morgan fingerprint density at radius 1 is 0.679 bits per heavy atom. The van der Waals surface area contributed by atoms with Crippen molar-refractivity contribution in [1.29, 1.82) is 0 Å². The molecule has 0 radical (unpaired) electrons. The first-order chi connectivity index (χ1) is 13.2. The maximum atomic E-state index is 12.2. The van der Waals surface area contributed by atoms with E-state index in [0.29, 0.717) is 52.7 Å². The summed E-state index contributed by atoms with van der Waals surface area (Å²) in [6, 6.07) is 9.20. The van der Waals surface area contributed by atoms with Gasteiger partial charge in [-0.2, -0.15) is 0 Å². The number of methoxy groups -OCH3 is 1. The Bertz CT molecular complexity index is 1020. The van der Waals surface area contributed by atoms with Gasteiger partial charge in [0.1, 0.15) is 0 Å². The van der Waals surface area contributed by atoms with E-state index in [1.807, 2.05) is 0 Å². The quantitative estimate of drug-likeness (QED) is 0.272. The summed E-state index contributed by atoms with van der Waals surface area (Å²) >= 11 is 36.9. The third kappa shape index (κ3) is 4.35. The van der Waals surface area contributed by atoms with Crippen LogP contribution < -0.4 is 0 Å². The van der Waals surface area contributed by atoms with Gasteiger partial charge in [0.05, 0.1) is 54.2 Å². The zero-order chi connectivity index (χ0) is 20.6. The van der Waals surface area contributed by atoms with E-state index in [2.05, 4.69) is 4.98 Å². The average molecular weight is 496 g/mol. The summed E-state index contributed by atoms with van der Waals surface area (Å²) in [5.41, 5.74) is 1.97. The molecule has 0 saturated carbocycles. The maximum Gasteiger partial charge on any atom is 0.338 e. The first-order valence-electron chi connectivity index (χ1n) is 7.61. The number of nitrogens with zero attached hydrogens (tertiary/aromatic N) is 1. The van der Waals surface area contributed by atoms with E-state index < -0.39 is 5.97 Å². The van der Waals surface area contributed by atoms with E-state index in [9.17, 15) is 4.79 Å². The number of aromatic nitrogens is 1. The van der Waals surface area contributed by atoms with Gasteiger partial charge >= 0.3 is 5.97 Å². The number of ether oxygens (including phenoxy) is 1. The van der Waals surface area contributed by atoms with Crippen LogP contribution in [0.15, 0.2) is 36.4 Å². The van der Waals surface area contributed by atoms with Crippen molar-refractivity contribution in [1.82, 2.24) is 4.98 Å². The zero-order valence-corrected chi connectivity index (χ0v) is 18.5. The molecule has 1 heterocycles. The number of carbonyl (C=O) groups is 1. The van der Waals surface area contributed by atoms with Crippen molar-refractivity contribution >= 4 is 75.6 Å². The number of pyridine rings is 1. The highest BCUT2D eigenvalue weighted by Gasteiger charge is 2.18. The first kappa shape index (κ1) is 21.5. The first-order valence-corrected chi connectivity index (χ1v) is 9.88. The minimum Gasteiger partial charge on any atom is -0.465 e. The molecule has 0 bridgehead atoms. The number of hydrogen-bond acceptors (Lipinski definition) is 3. The lowest BCUT2D eigenvalue weighted by molar-refractivity contribution is 0.0600. The third-order valence-electron chi connectivity index (χ3n) is 3.82. The van der Waals surface area contributed by atoms with Crippen LogP contribution in [0.2, 0.25) is 30.1 Å². The van der Waals surface area contributed by atoms with Gasteiger partial charge in [0, 0.05) is 11.1 Å². The van der Waals surface area contributed by atoms with Gasteiger partial charge in [0.15, 0.2) is 0 Å². The van der Waals surface area contributed by atoms with Crippen LogP contribution in [0.4, 0.5) is 0 Å². The largest absolute Gasteiger partial charge is 0.465 e. The third-order valence-corrected chi connectivity index (χ3v) is 5.89. The summed E-state index contributed by atoms with van der Waals surface area (Å²) in [4.78, 5) is 16.8. The second-order valence-electron chi connectivity index (χ2n) is 5.61. The lowest BCUT2D eigenvalue weighted by atomic mass is 10.0.